The van der Waals surface area contributed by atoms with Crippen molar-refractivity contribution < 1.29 is 17.9 Å². The average molecular weight is 381 g/mol. The minimum atomic E-state index is -3.43. The Labute approximate surface area is 155 Å². The predicted molar refractivity (Wildman–Crippen MR) is 102 cm³/mol. The van der Waals surface area contributed by atoms with E-state index in [1.165, 1.54) is 23.4 Å². The van der Waals surface area contributed by atoms with Crippen molar-refractivity contribution in [2.24, 2.45) is 0 Å². The summed E-state index contributed by atoms with van der Waals surface area (Å²) in [5.41, 5.74) is 1.73. The number of nitrogens with zero attached hydrogens (tertiary/aromatic N) is 2. The number of amides is 1. The van der Waals surface area contributed by atoms with Crippen molar-refractivity contribution in [1.29, 1.82) is 0 Å². The lowest BCUT2D eigenvalue weighted by Crippen LogP contribution is -2.41. The van der Waals surface area contributed by atoms with Crippen LogP contribution >= 0.6 is 0 Å². The van der Waals surface area contributed by atoms with E-state index in [1.54, 1.807) is 0 Å². The van der Waals surface area contributed by atoms with Crippen LogP contribution in [0.5, 0.6) is 0 Å². The van der Waals surface area contributed by atoms with Gasteiger partial charge in [-0.15, -0.1) is 0 Å². The fourth-order valence-corrected chi connectivity index (χ4v) is 4.40. The number of hydrogen-bond acceptors (Lipinski definition) is 5. The molecule has 1 atom stereocenters. The number of anilines is 2. The Morgan fingerprint density at radius 1 is 1.23 bits per heavy atom. The quantitative estimate of drug-likeness (QED) is 0.771. The second kappa shape index (κ2) is 8.26. The molecule has 26 heavy (non-hydrogen) atoms. The van der Waals surface area contributed by atoms with Crippen LogP contribution in [0.15, 0.2) is 24.3 Å². The van der Waals surface area contributed by atoms with Crippen LogP contribution in [0.3, 0.4) is 0 Å². The van der Waals surface area contributed by atoms with Gasteiger partial charge in [0.25, 0.3) is 0 Å². The van der Waals surface area contributed by atoms with Crippen molar-refractivity contribution in [3.05, 3.63) is 24.3 Å². The minimum absolute atomic E-state index is 0.166. The normalized spacial score (nSPS) is 20.3. The Balaban J connectivity index is 1.61. The summed E-state index contributed by atoms with van der Waals surface area (Å²) in [5, 5.41) is 2.77. The number of ether oxygens (including phenoxy) is 1. The molecule has 0 aliphatic carbocycles. The van der Waals surface area contributed by atoms with Crippen molar-refractivity contribution in [1.82, 2.24) is 5.32 Å². The molecule has 8 heteroatoms. The molecule has 2 saturated heterocycles. The van der Waals surface area contributed by atoms with Crippen LogP contribution in [-0.2, 0) is 19.6 Å². The summed E-state index contributed by atoms with van der Waals surface area (Å²) in [6.07, 6.45) is 4.78. The molecule has 0 aromatic heterocycles. The highest BCUT2D eigenvalue weighted by Gasteiger charge is 2.24. The molecular formula is C18H27N3O4S. The van der Waals surface area contributed by atoms with Crippen LogP contribution in [0.4, 0.5) is 11.4 Å². The standard InChI is InChI=1S/C18H27N3O4S/c1-26(23,24)21(13-10-19-18(22)17-5-4-14-25-17)16-8-6-15(7-9-16)20-11-2-3-12-20/h6-9,17H,2-5,10-14H2,1H3,(H,19,22). The Morgan fingerprint density at radius 3 is 2.50 bits per heavy atom. The van der Waals surface area contributed by atoms with Crippen LogP contribution in [0.1, 0.15) is 25.7 Å². The van der Waals surface area contributed by atoms with Gasteiger partial charge in [0.05, 0.1) is 18.5 Å². The Hall–Kier alpha value is -1.80. The van der Waals surface area contributed by atoms with Crippen molar-refractivity contribution in [2.75, 3.05) is 48.2 Å². The van der Waals surface area contributed by atoms with Gasteiger partial charge < -0.3 is 15.0 Å². The third-order valence-corrected chi connectivity index (χ3v) is 6.04. The highest BCUT2D eigenvalue weighted by Crippen LogP contribution is 2.25. The largest absolute Gasteiger partial charge is 0.372 e. The van der Waals surface area contributed by atoms with Gasteiger partial charge in [-0.1, -0.05) is 0 Å². The summed E-state index contributed by atoms with van der Waals surface area (Å²) < 4.78 is 31.0. The molecule has 0 bridgehead atoms. The van der Waals surface area contributed by atoms with E-state index in [1.807, 2.05) is 24.3 Å². The van der Waals surface area contributed by atoms with Crippen LogP contribution < -0.4 is 14.5 Å². The van der Waals surface area contributed by atoms with Crippen molar-refractivity contribution in [2.45, 2.75) is 31.8 Å². The molecule has 1 amide bonds. The van der Waals surface area contributed by atoms with Gasteiger partial charge in [-0.3, -0.25) is 9.10 Å². The second-order valence-electron chi connectivity index (χ2n) is 6.84. The van der Waals surface area contributed by atoms with E-state index >= 15 is 0 Å². The van der Waals surface area contributed by atoms with Gasteiger partial charge in [-0.05, 0) is 49.9 Å². The summed E-state index contributed by atoms with van der Waals surface area (Å²) in [6, 6.07) is 7.58. The molecule has 144 valence electrons. The monoisotopic (exact) mass is 381 g/mol. The summed E-state index contributed by atoms with van der Waals surface area (Å²) >= 11 is 0. The van der Waals surface area contributed by atoms with Gasteiger partial charge in [0.2, 0.25) is 15.9 Å². The number of benzene rings is 1. The van der Waals surface area contributed by atoms with E-state index in [9.17, 15) is 13.2 Å². The van der Waals surface area contributed by atoms with Gasteiger partial charge >= 0.3 is 0 Å². The zero-order valence-corrected chi connectivity index (χ0v) is 16.0. The number of carbonyl (C=O) groups excluding carboxylic acids is 1. The molecule has 0 radical (unpaired) electrons. The first-order chi connectivity index (χ1) is 12.4. The number of carbonyl (C=O) groups is 1. The van der Waals surface area contributed by atoms with Crippen LogP contribution in [0, 0.1) is 0 Å². The first kappa shape index (κ1) is 19.0. The molecule has 2 aliphatic heterocycles. The highest BCUT2D eigenvalue weighted by molar-refractivity contribution is 7.92. The smallest absolute Gasteiger partial charge is 0.249 e. The molecule has 2 aliphatic rings. The number of sulfonamides is 1. The zero-order chi connectivity index (χ0) is 18.6. The fourth-order valence-electron chi connectivity index (χ4n) is 3.47. The topological polar surface area (TPSA) is 79.0 Å². The zero-order valence-electron chi connectivity index (χ0n) is 15.2. The Morgan fingerprint density at radius 2 is 1.92 bits per heavy atom. The van der Waals surface area contributed by atoms with Gasteiger partial charge in [0, 0.05) is 31.9 Å². The maximum atomic E-state index is 12.2. The Kier molecular flexibility index (Phi) is 6.03. The van der Waals surface area contributed by atoms with Crippen LogP contribution in [0.25, 0.3) is 0 Å². The summed E-state index contributed by atoms with van der Waals surface area (Å²) in [5.74, 6) is -0.166. The molecule has 1 N–H and O–H groups in total. The van der Waals surface area contributed by atoms with E-state index in [0.717, 1.165) is 31.6 Å². The molecule has 2 fully saturated rings. The summed E-state index contributed by atoms with van der Waals surface area (Å²) in [4.78, 5) is 14.3. The summed E-state index contributed by atoms with van der Waals surface area (Å²) in [7, 11) is -3.43. The van der Waals surface area contributed by atoms with Gasteiger partial charge in [-0.25, -0.2) is 8.42 Å². The highest BCUT2D eigenvalue weighted by atomic mass is 32.2. The van der Waals surface area contributed by atoms with Gasteiger partial charge in [-0.2, -0.15) is 0 Å². The molecule has 1 unspecified atom stereocenters. The van der Waals surface area contributed by atoms with Gasteiger partial charge in [0.1, 0.15) is 6.10 Å². The van der Waals surface area contributed by atoms with E-state index in [4.69, 9.17) is 4.74 Å². The van der Waals surface area contributed by atoms with Crippen molar-refractivity contribution in [3.8, 4) is 0 Å². The Bertz CT molecular complexity index is 708. The van der Waals surface area contributed by atoms with E-state index < -0.39 is 16.1 Å². The van der Waals surface area contributed by atoms with E-state index in [0.29, 0.717) is 12.3 Å². The second-order valence-corrected chi connectivity index (χ2v) is 8.75. The minimum Gasteiger partial charge on any atom is -0.372 e. The third-order valence-electron chi connectivity index (χ3n) is 4.85. The SMILES string of the molecule is CS(=O)(=O)N(CCNC(=O)C1CCCO1)c1ccc(N2CCCC2)cc1. The molecule has 0 saturated carbocycles. The van der Waals surface area contributed by atoms with E-state index in [2.05, 4.69) is 10.2 Å². The lowest BCUT2D eigenvalue weighted by molar-refractivity contribution is -0.129. The maximum absolute atomic E-state index is 12.2. The van der Waals surface area contributed by atoms with E-state index in [-0.39, 0.29) is 19.0 Å². The number of rotatable bonds is 7. The molecule has 3 rings (SSSR count). The van der Waals surface area contributed by atoms with Crippen molar-refractivity contribution in [3.63, 3.8) is 0 Å². The average Bonchev–Trinajstić information content (AvgIpc) is 3.31. The molecule has 7 nitrogen and oxygen atoms in total. The molecule has 1 aromatic carbocycles. The molecule has 0 spiro atoms. The summed E-state index contributed by atoms with van der Waals surface area (Å²) in [6.45, 7) is 3.14. The third kappa shape index (κ3) is 4.67. The first-order valence-corrected chi connectivity index (χ1v) is 11.0. The molecule has 2 heterocycles. The fraction of sp³-hybridized carbons (Fsp3) is 0.611. The van der Waals surface area contributed by atoms with Crippen LogP contribution in [0.2, 0.25) is 0 Å². The lowest BCUT2D eigenvalue weighted by Gasteiger charge is -2.24. The van der Waals surface area contributed by atoms with Gasteiger partial charge in [0.15, 0.2) is 0 Å². The maximum Gasteiger partial charge on any atom is 0.249 e. The predicted octanol–water partition coefficient (Wildman–Crippen LogP) is 1.35. The molecular weight excluding hydrogens is 354 g/mol. The lowest BCUT2D eigenvalue weighted by atomic mass is 10.2. The molecule has 1 aromatic rings. The number of nitrogens with one attached hydrogen (secondary N) is 1. The first-order valence-electron chi connectivity index (χ1n) is 9.17. The van der Waals surface area contributed by atoms with Crippen LogP contribution in [-0.4, -0.2) is 59.5 Å². The van der Waals surface area contributed by atoms with Crippen molar-refractivity contribution >= 4 is 27.3 Å². The number of hydrogen-bond donors (Lipinski definition) is 1.